The van der Waals surface area contributed by atoms with Crippen LogP contribution in [0.15, 0.2) is 42.5 Å². The standard InChI is InChI=1S/C24H31N3O3/c1-25(2)14-18-7-8-22-23(13-18)30-12-11-27(24(22)29)17-21(28)16-26-10-9-19-5-3-4-6-20(19)15-26/h3-8,13,21,28H,9-12,14-17H2,1-2H3/t21-/m1/s1. The quantitative estimate of drug-likeness (QED) is 0.791. The highest BCUT2D eigenvalue weighted by molar-refractivity contribution is 5.97. The van der Waals surface area contributed by atoms with E-state index in [1.807, 2.05) is 32.3 Å². The van der Waals surface area contributed by atoms with Gasteiger partial charge in [-0.15, -0.1) is 0 Å². The van der Waals surface area contributed by atoms with Gasteiger partial charge < -0.3 is 19.6 Å². The van der Waals surface area contributed by atoms with Crippen LogP contribution in [0.1, 0.15) is 27.0 Å². The smallest absolute Gasteiger partial charge is 0.257 e. The van der Waals surface area contributed by atoms with Crippen LogP contribution in [0.3, 0.4) is 0 Å². The maximum Gasteiger partial charge on any atom is 0.257 e. The van der Waals surface area contributed by atoms with Gasteiger partial charge in [0.1, 0.15) is 12.4 Å². The highest BCUT2D eigenvalue weighted by Crippen LogP contribution is 2.25. The van der Waals surface area contributed by atoms with E-state index in [9.17, 15) is 9.90 Å². The molecule has 0 saturated carbocycles. The molecular weight excluding hydrogens is 378 g/mol. The Bertz CT molecular complexity index is 899. The molecule has 2 aromatic carbocycles. The molecule has 0 fully saturated rings. The Balaban J connectivity index is 1.38. The number of benzene rings is 2. The van der Waals surface area contributed by atoms with Crippen molar-refractivity contribution in [3.63, 3.8) is 0 Å². The van der Waals surface area contributed by atoms with E-state index in [1.54, 1.807) is 4.90 Å². The van der Waals surface area contributed by atoms with Crippen molar-refractivity contribution in [3.05, 3.63) is 64.7 Å². The average Bonchev–Trinajstić information content (AvgIpc) is 2.86. The van der Waals surface area contributed by atoms with Gasteiger partial charge in [-0.2, -0.15) is 0 Å². The molecule has 0 aromatic heterocycles. The van der Waals surface area contributed by atoms with Crippen molar-refractivity contribution < 1.29 is 14.6 Å². The van der Waals surface area contributed by atoms with Crippen LogP contribution in [0.25, 0.3) is 0 Å². The first kappa shape index (κ1) is 20.8. The van der Waals surface area contributed by atoms with Crippen LogP contribution in [0.2, 0.25) is 0 Å². The second-order valence-corrected chi connectivity index (χ2v) is 8.58. The van der Waals surface area contributed by atoms with Crippen LogP contribution in [0, 0.1) is 0 Å². The first-order valence-corrected chi connectivity index (χ1v) is 10.7. The monoisotopic (exact) mass is 409 g/mol. The van der Waals surface area contributed by atoms with Crippen LogP contribution in [-0.2, 0) is 19.5 Å². The van der Waals surface area contributed by atoms with E-state index in [4.69, 9.17) is 4.74 Å². The summed E-state index contributed by atoms with van der Waals surface area (Å²) in [6.07, 6.45) is 0.413. The molecule has 30 heavy (non-hydrogen) atoms. The van der Waals surface area contributed by atoms with Crippen LogP contribution >= 0.6 is 0 Å². The highest BCUT2D eigenvalue weighted by atomic mass is 16.5. The van der Waals surface area contributed by atoms with Crippen LogP contribution < -0.4 is 4.74 Å². The van der Waals surface area contributed by atoms with Gasteiger partial charge in [-0.05, 0) is 49.3 Å². The maximum absolute atomic E-state index is 13.1. The second kappa shape index (κ2) is 9.16. The molecule has 2 heterocycles. The molecule has 4 rings (SSSR count). The Morgan fingerprint density at radius 1 is 1.10 bits per heavy atom. The molecule has 0 spiro atoms. The summed E-state index contributed by atoms with van der Waals surface area (Å²) in [7, 11) is 4.03. The van der Waals surface area contributed by atoms with Gasteiger partial charge in [0.05, 0.1) is 18.2 Å². The summed E-state index contributed by atoms with van der Waals surface area (Å²) in [4.78, 5) is 19.2. The Morgan fingerprint density at radius 3 is 2.70 bits per heavy atom. The normalized spacial score (nSPS) is 17.9. The third-order valence-electron chi connectivity index (χ3n) is 5.79. The SMILES string of the molecule is CN(C)Cc1ccc2c(c1)OCCN(C[C@H](O)CN1CCc3ccccc3C1)C2=O. The summed E-state index contributed by atoms with van der Waals surface area (Å²) in [6.45, 7) is 4.38. The number of aliphatic hydroxyl groups is 1. The van der Waals surface area contributed by atoms with Crippen molar-refractivity contribution in [2.45, 2.75) is 25.6 Å². The summed E-state index contributed by atoms with van der Waals surface area (Å²) in [5, 5.41) is 10.7. The topological polar surface area (TPSA) is 56.2 Å². The molecule has 6 heteroatoms. The van der Waals surface area contributed by atoms with E-state index in [1.165, 1.54) is 11.1 Å². The third-order valence-corrected chi connectivity index (χ3v) is 5.79. The summed E-state index contributed by atoms with van der Waals surface area (Å²) in [5.74, 6) is 0.575. The van der Waals surface area contributed by atoms with Crippen LogP contribution in [0.5, 0.6) is 5.75 Å². The van der Waals surface area contributed by atoms with Gasteiger partial charge in [0.2, 0.25) is 0 Å². The summed E-state index contributed by atoms with van der Waals surface area (Å²) in [6, 6.07) is 14.3. The number of rotatable bonds is 6. The number of β-amino-alcohol motifs (C(OH)–C–C–N with tert-alkyl or cyclic N) is 1. The number of carbonyl (C=O) groups is 1. The lowest BCUT2D eigenvalue weighted by atomic mass is 10.00. The molecule has 6 nitrogen and oxygen atoms in total. The van der Waals surface area contributed by atoms with Crippen LogP contribution in [-0.4, -0.2) is 78.7 Å². The van der Waals surface area contributed by atoms with Gasteiger partial charge in [-0.1, -0.05) is 30.3 Å². The fourth-order valence-corrected chi connectivity index (χ4v) is 4.36. The predicted octanol–water partition coefficient (Wildman–Crippen LogP) is 2.00. The van der Waals surface area contributed by atoms with E-state index in [2.05, 4.69) is 34.1 Å². The molecule has 0 radical (unpaired) electrons. The predicted molar refractivity (Wildman–Crippen MR) is 117 cm³/mol. The minimum Gasteiger partial charge on any atom is -0.491 e. The highest BCUT2D eigenvalue weighted by Gasteiger charge is 2.27. The number of ether oxygens (including phenoxy) is 1. The third kappa shape index (κ3) is 4.83. The molecule has 2 aliphatic heterocycles. The minimum atomic E-state index is -0.589. The van der Waals surface area contributed by atoms with Gasteiger partial charge in [-0.25, -0.2) is 0 Å². The summed E-state index contributed by atoms with van der Waals surface area (Å²) in [5.41, 5.74) is 4.42. The van der Waals surface area contributed by atoms with E-state index >= 15 is 0 Å². The molecular formula is C24H31N3O3. The van der Waals surface area contributed by atoms with Crippen molar-refractivity contribution in [3.8, 4) is 5.75 Å². The maximum atomic E-state index is 13.1. The summed E-state index contributed by atoms with van der Waals surface area (Å²) >= 11 is 0. The zero-order valence-electron chi connectivity index (χ0n) is 17.9. The molecule has 1 N–H and O–H groups in total. The van der Waals surface area contributed by atoms with Crippen molar-refractivity contribution in [1.29, 1.82) is 0 Å². The fraction of sp³-hybridized carbons (Fsp3) is 0.458. The zero-order chi connectivity index (χ0) is 21.1. The van der Waals surface area contributed by atoms with Crippen molar-refractivity contribution in [2.24, 2.45) is 0 Å². The van der Waals surface area contributed by atoms with E-state index < -0.39 is 6.10 Å². The molecule has 2 aliphatic rings. The molecule has 0 aliphatic carbocycles. The molecule has 0 unspecified atom stereocenters. The molecule has 160 valence electrons. The molecule has 1 amide bonds. The number of hydrogen-bond acceptors (Lipinski definition) is 5. The van der Waals surface area contributed by atoms with Crippen molar-refractivity contribution in [2.75, 3.05) is 46.9 Å². The largest absolute Gasteiger partial charge is 0.491 e. The van der Waals surface area contributed by atoms with Gasteiger partial charge in [0, 0.05) is 32.7 Å². The van der Waals surface area contributed by atoms with Gasteiger partial charge in [-0.3, -0.25) is 9.69 Å². The minimum absolute atomic E-state index is 0.0676. The van der Waals surface area contributed by atoms with E-state index in [-0.39, 0.29) is 5.91 Å². The first-order valence-electron chi connectivity index (χ1n) is 10.7. The number of carbonyl (C=O) groups excluding carboxylic acids is 1. The first-order chi connectivity index (χ1) is 14.5. The van der Waals surface area contributed by atoms with Crippen molar-refractivity contribution in [1.82, 2.24) is 14.7 Å². The molecule has 2 aromatic rings. The lowest BCUT2D eigenvalue weighted by Gasteiger charge is -2.32. The number of amides is 1. The lowest BCUT2D eigenvalue weighted by Crippen LogP contribution is -2.44. The lowest BCUT2D eigenvalue weighted by molar-refractivity contribution is 0.0501. The van der Waals surface area contributed by atoms with Crippen molar-refractivity contribution >= 4 is 5.91 Å². The molecule has 1 atom stereocenters. The van der Waals surface area contributed by atoms with E-state index in [0.717, 1.165) is 31.6 Å². The van der Waals surface area contributed by atoms with E-state index in [0.29, 0.717) is 37.6 Å². The number of nitrogens with zero attached hydrogens (tertiary/aromatic N) is 3. The van der Waals surface area contributed by atoms with Crippen LogP contribution in [0.4, 0.5) is 0 Å². The van der Waals surface area contributed by atoms with Gasteiger partial charge >= 0.3 is 0 Å². The average molecular weight is 410 g/mol. The second-order valence-electron chi connectivity index (χ2n) is 8.58. The Hall–Kier alpha value is -2.41. The Labute approximate surface area is 178 Å². The zero-order valence-corrected chi connectivity index (χ0v) is 17.9. The van der Waals surface area contributed by atoms with Gasteiger partial charge in [0.25, 0.3) is 5.91 Å². The Morgan fingerprint density at radius 2 is 1.90 bits per heavy atom. The molecule has 0 saturated heterocycles. The number of aliphatic hydroxyl groups excluding tert-OH is 1. The number of hydrogen-bond donors (Lipinski definition) is 1. The molecule has 0 bridgehead atoms. The summed E-state index contributed by atoms with van der Waals surface area (Å²) < 4.78 is 5.87. The Kier molecular flexibility index (Phi) is 6.37. The van der Waals surface area contributed by atoms with Gasteiger partial charge in [0.15, 0.2) is 0 Å². The number of fused-ring (bicyclic) bond motifs is 2. The fourth-order valence-electron chi connectivity index (χ4n) is 4.36.